The number of hydrogen-bond acceptors (Lipinski definition) is 3. The number of para-hydroxylation sites is 1. The standard InChI is InChI=1S/C14H21NO2/c1-4-14(2,3)17-12-9-16-11-8-6-5-7-10(11)13(12)15/h5-8,12-13H,4,9,15H2,1-3H3. The van der Waals surface area contributed by atoms with Crippen LogP contribution in [-0.2, 0) is 4.74 Å². The highest BCUT2D eigenvalue weighted by Crippen LogP contribution is 2.33. The molecule has 1 aliphatic rings. The van der Waals surface area contributed by atoms with Crippen molar-refractivity contribution in [2.24, 2.45) is 5.73 Å². The van der Waals surface area contributed by atoms with Crippen molar-refractivity contribution in [1.82, 2.24) is 0 Å². The van der Waals surface area contributed by atoms with Crippen LogP contribution in [0.15, 0.2) is 24.3 Å². The molecule has 0 fully saturated rings. The Morgan fingerprint density at radius 1 is 1.41 bits per heavy atom. The fourth-order valence-corrected chi connectivity index (χ4v) is 1.96. The molecule has 0 amide bonds. The van der Waals surface area contributed by atoms with Gasteiger partial charge in [0.2, 0.25) is 0 Å². The van der Waals surface area contributed by atoms with E-state index in [2.05, 4.69) is 20.8 Å². The Balaban J connectivity index is 2.15. The molecule has 1 aromatic carbocycles. The van der Waals surface area contributed by atoms with E-state index in [9.17, 15) is 0 Å². The van der Waals surface area contributed by atoms with Gasteiger partial charge in [0, 0.05) is 5.56 Å². The van der Waals surface area contributed by atoms with Crippen molar-refractivity contribution in [3.8, 4) is 5.75 Å². The summed E-state index contributed by atoms with van der Waals surface area (Å²) in [5.41, 5.74) is 7.13. The number of nitrogens with two attached hydrogens (primary N) is 1. The Morgan fingerprint density at radius 2 is 2.12 bits per heavy atom. The molecule has 0 aliphatic carbocycles. The molecule has 0 aromatic heterocycles. The van der Waals surface area contributed by atoms with Crippen molar-refractivity contribution < 1.29 is 9.47 Å². The molecule has 94 valence electrons. The van der Waals surface area contributed by atoms with Crippen LogP contribution in [-0.4, -0.2) is 18.3 Å². The maximum Gasteiger partial charge on any atom is 0.124 e. The fraction of sp³-hybridized carbons (Fsp3) is 0.571. The van der Waals surface area contributed by atoms with E-state index in [0.29, 0.717) is 6.61 Å². The zero-order valence-corrected chi connectivity index (χ0v) is 10.8. The monoisotopic (exact) mass is 235 g/mol. The summed E-state index contributed by atoms with van der Waals surface area (Å²) in [4.78, 5) is 0. The normalized spacial score (nSPS) is 24.0. The van der Waals surface area contributed by atoms with Crippen LogP contribution in [0.2, 0.25) is 0 Å². The molecule has 1 heterocycles. The Labute approximate surface area is 103 Å². The maximum atomic E-state index is 6.25. The van der Waals surface area contributed by atoms with E-state index in [1.165, 1.54) is 0 Å². The van der Waals surface area contributed by atoms with Gasteiger partial charge < -0.3 is 15.2 Å². The van der Waals surface area contributed by atoms with Crippen molar-refractivity contribution >= 4 is 0 Å². The SMILES string of the molecule is CCC(C)(C)OC1COc2ccccc2C1N. The summed E-state index contributed by atoms with van der Waals surface area (Å²) in [7, 11) is 0. The molecule has 0 saturated carbocycles. The minimum atomic E-state index is -0.155. The predicted molar refractivity (Wildman–Crippen MR) is 68.1 cm³/mol. The van der Waals surface area contributed by atoms with E-state index in [4.69, 9.17) is 15.2 Å². The van der Waals surface area contributed by atoms with Crippen molar-refractivity contribution in [2.75, 3.05) is 6.61 Å². The van der Waals surface area contributed by atoms with Gasteiger partial charge in [-0.05, 0) is 26.3 Å². The van der Waals surface area contributed by atoms with Crippen LogP contribution >= 0.6 is 0 Å². The smallest absolute Gasteiger partial charge is 0.124 e. The molecule has 1 aliphatic heterocycles. The summed E-state index contributed by atoms with van der Waals surface area (Å²) < 4.78 is 11.7. The van der Waals surface area contributed by atoms with Gasteiger partial charge >= 0.3 is 0 Å². The number of fused-ring (bicyclic) bond motifs is 1. The van der Waals surface area contributed by atoms with Crippen LogP contribution in [0, 0.1) is 0 Å². The molecule has 3 heteroatoms. The minimum Gasteiger partial charge on any atom is -0.490 e. The van der Waals surface area contributed by atoms with Gasteiger partial charge in [0.1, 0.15) is 18.5 Å². The summed E-state index contributed by atoms with van der Waals surface area (Å²) in [6.45, 7) is 6.81. The van der Waals surface area contributed by atoms with E-state index in [0.717, 1.165) is 17.7 Å². The van der Waals surface area contributed by atoms with Crippen molar-refractivity contribution in [2.45, 2.75) is 44.9 Å². The third-order valence-electron chi connectivity index (χ3n) is 3.40. The van der Waals surface area contributed by atoms with Gasteiger partial charge in [-0.3, -0.25) is 0 Å². The molecule has 2 atom stereocenters. The number of rotatable bonds is 3. The molecule has 0 radical (unpaired) electrons. The lowest BCUT2D eigenvalue weighted by Crippen LogP contribution is -2.43. The second kappa shape index (κ2) is 4.67. The van der Waals surface area contributed by atoms with Crippen LogP contribution in [0.5, 0.6) is 5.75 Å². The average Bonchev–Trinajstić information content (AvgIpc) is 2.33. The minimum absolute atomic E-state index is 0.0696. The van der Waals surface area contributed by atoms with E-state index in [1.807, 2.05) is 24.3 Å². The first kappa shape index (κ1) is 12.4. The average molecular weight is 235 g/mol. The number of benzene rings is 1. The van der Waals surface area contributed by atoms with Crippen LogP contribution in [0.3, 0.4) is 0 Å². The molecule has 1 aromatic rings. The third-order valence-corrected chi connectivity index (χ3v) is 3.40. The number of hydrogen-bond donors (Lipinski definition) is 1. The highest BCUT2D eigenvalue weighted by Gasteiger charge is 2.32. The Morgan fingerprint density at radius 3 is 2.82 bits per heavy atom. The molecule has 0 saturated heterocycles. The molecule has 2 N–H and O–H groups in total. The summed E-state index contributed by atoms with van der Waals surface area (Å²) in [5.74, 6) is 0.883. The Hall–Kier alpha value is -1.06. The molecule has 3 nitrogen and oxygen atoms in total. The van der Waals surface area contributed by atoms with Crippen molar-refractivity contribution in [3.63, 3.8) is 0 Å². The first-order chi connectivity index (χ1) is 8.03. The van der Waals surface area contributed by atoms with Gasteiger partial charge in [0.25, 0.3) is 0 Å². The van der Waals surface area contributed by atoms with E-state index >= 15 is 0 Å². The van der Waals surface area contributed by atoms with Gasteiger partial charge in [-0.2, -0.15) is 0 Å². The zero-order valence-electron chi connectivity index (χ0n) is 10.8. The Kier molecular flexibility index (Phi) is 3.40. The maximum absolute atomic E-state index is 6.25. The van der Waals surface area contributed by atoms with E-state index in [-0.39, 0.29) is 17.7 Å². The van der Waals surface area contributed by atoms with E-state index in [1.54, 1.807) is 0 Å². The van der Waals surface area contributed by atoms with Crippen LogP contribution in [0.25, 0.3) is 0 Å². The lowest BCUT2D eigenvalue weighted by Gasteiger charge is -2.36. The molecular formula is C14H21NO2. The van der Waals surface area contributed by atoms with Crippen LogP contribution < -0.4 is 10.5 Å². The topological polar surface area (TPSA) is 44.5 Å². The summed E-state index contributed by atoms with van der Waals surface area (Å²) >= 11 is 0. The van der Waals surface area contributed by atoms with Crippen molar-refractivity contribution in [1.29, 1.82) is 0 Å². The van der Waals surface area contributed by atoms with Gasteiger partial charge in [-0.1, -0.05) is 25.1 Å². The number of ether oxygens (including phenoxy) is 2. The van der Waals surface area contributed by atoms with Gasteiger partial charge in [0.05, 0.1) is 11.6 Å². The molecule has 0 bridgehead atoms. The van der Waals surface area contributed by atoms with Gasteiger partial charge in [-0.25, -0.2) is 0 Å². The molecule has 17 heavy (non-hydrogen) atoms. The third kappa shape index (κ3) is 2.61. The van der Waals surface area contributed by atoms with Gasteiger partial charge in [0.15, 0.2) is 0 Å². The Bertz CT molecular complexity index is 390. The first-order valence-corrected chi connectivity index (χ1v) is 6.18. The lowest BCUT2D eigenvalue weighted by atomic mass is 9.97. The second-order valence-electron chi connectivity index (χ2n) is 5.14. The quantitative estimate of drug-likeness (QED) is 0.876. The second-order valence-corrected chi connectivity index (χ2v) is 5.14. The molecule has 2 unspecified atom stereocenters. The van der Waals surface area contributed by atoms with Crippen LogP contribution in [0.4, 0.5) is 0 Å². The fourth-order valence-electron chi connectivity index (χ4n) is 1.96. The predicted octanol–water partition coefficient (Wildman–Crippen LogP) is 2.65. The highest BCUT2D eigenvalue weighted by atomic mass is 16.5. The summed E-state index contributed by atoms with van der Waals surface area (Å²) in [6, 6.07) is 7.80. The van der Waals surface area contributed by atoms with Crippen LogP contribution in [0.1, 0.15) is 38.8 Å². The summed E-state index contributed by atoms with van der Waals surface area (Å²) in [6.07, 6.45) is 0.887. The van der Waals surface area contributed by atoms with Gasteiger partial charge in [-0.15, -0.1) is 0 Å². The molecule has 2 rings (SSSR count). The highest BCUT2D eigenvalue weighted by molar-refractivity contribution is 5.38. The van der Waals surface area contributed by atoms with E-state index < -0.39 is 0 Å². The lowest BCUT2D eigenvalue weighted by molar-refractivity contribution is -0.104. The molecule has 0 spiro atoms. The largest absolute Gasteiger partial charge is 0.490 e. The first-order valence-electron chi connectivity index (χ1n) is 6.18. The summed E-state index contributed by atoms with van der Waals surface area (Å²) in [5, 5.41) is 0. The molecular weight excluding hydrogens is 214 g/mol. The zero-order chi connectivity index (χ0) is 12.5. The van der Waals surface area contributed by atoms with Crippen molar-refractivity contribution in [3.05, 3.63) is 29.8 Å².